The third-order valence-electron chi connectivity index (χ3n) is 2.66. The monoisotopic (exact) mass is 355 g/mol. The first-order chi connectivity index (χ1) is 8.66. The van der Waals surface area contributed by atoms with Crippen molar-refractivity contribution in [2.45, 2.75) is 20.4 Å². The Balaban J connectivity index is 2.15. The van der Waals surface area contributed by atoms with Gasteiger partial charge in [0, 0.05) is 12.7 Å². The van der Waals surface area contributed by atoms with Gasteiger partial charge in [-0.1, -0.05) is 32.0 Å². The molecule has 96 valence electrons. The number of benzene rings is 1. The van der Waals surface area contributed by atoms with E-state index < -0.39 is 0 Å². The quantitative estimate of drug-likeness (QED) is 0.835. The Morgan fingerprint density at radius 1 is 1.33 bits per heavy atom. The second kappa shape index (κ2) is 6.33. The summed E-state index contributed by atoms with van der Waals surface area (Å²) in [5.41, 5.74) is 2.43. The minimum absolute atomic E-state index is 0.669. The minimum Gasteiger partial charge on any atom is -0.312 e. The van der Waals surface area contributed by atoms with E-state index in [1.54, 1.807) is 0 Å². The van der Waals surface area contributed by atoms with Gasteiger partial charge in [-0.2, -0.15) is 5.10 Å². The smallest absolute Gasteiger partial charge is 0.0690 e. The van der Waals surface area contributed by atoms with Crippen LogP contribution in [0.2, 0.25) is 0 Å². The molecule has 0 aliphatic rings. The van der Waals surface area contributed by atoms with E-state index in [9.17, 15) is 0 Å². The lowest BCUT2D eigenvalue weighted by Crippen LogP contribution is -2.20. The van der Waals surface area contributed by atoms with Crippen LogP contribution in [-0.4, -0.2) is 16.3 Å². The number of nitrogens with one attached hydrogen (secondary N) is 1. The van der Waals surface area contributed by atoms with Crippen LogP contribution in [0.3, 0.4) is 0 Å². The topological polar surface area (TPSA) is 29.9 Å². The Kier molecular flexibility index (Phi) is 4.77. The molecule has 2 aromatic rings. The Morgan fingerprint density at radius 2 is 2.11 bits per heavy atom. The van der Waals surface area contributed by atoms with Crippen LogP contribution in [0.1, 0.15) is 19.4 Å². The minimum atomic E-state index is 0.669. The maximum absolute atomic E-state index is 4.37. The van der Waals surface area contributed by atoms with Gasteiger partial charge in [0.2, 0.25) is 0 Å². The highest BCUT2D eigenvalue weighted by atomic mass is 127. The summed E-state index contributed by atoms with van der Waals surface area (Å²) < 4.78 is 3.09. The Hall–Kier alpha value is -0.880. The predicted molar refractivity (Wildman–Crippen MR) is 82.8 cm³/mol. The zero-order chi connectivity index (χ0) is 13.0. The number of hydrogen-bond acceptors (Lipinski definition) is 2. The van der Waals surface area contributed by atoms with Crippen LogP contribution in [0, 0.1) is 9.49 Å². The molecule has 18 heavy (non-hydrogen) atoms. The Bertz CT molecular complexity index is 505. The van der Waals surface area contributed by atoms with Gasteiger partial charge in [0.05, 0.1) is 15.5 Å². The first kappa shape index (κ1) is 13.5. The van der Waals surface area contributed by atoms with Crippen LogP contribution in [0.15, 0.2) is 36.7 Å². The van der Waals surface area contributed by atoms with Gasteiger partial charge in [-0.3, -0.25) is 0 Å². The second-order valence-corrected chi connectivity index (χ2v) is 6.00. The summed E-state index contributed by atoms with van der Waals surface area (Å²) in [6.07, 6.45) is 3.92. The molecule has 0 aliphatic carbocycles. The van der Waals surface area contributed by atoms with E-state index in [1.807, 2.05) is 17.1 Å². The van der Waals surface area contributed by atoms with Crippen molar-refractivity contribution in [2.24, 2.45) is 5.92 Å². The molecule has 1 N–H and O–H groups in total. The molecule has 0 saturated heterocycles. The number of rotatable bonds is 5. The van der Waals surface area contributed by atoms with Gasteiger partial charge in [0.15, 0.2) is 0 Å². The Morgan fingerprint density at radius 3 is 2.78 bits per heavy atom. The lowest BCUT2D eigenvalue weighted by molar-refractivity contribution is 0.551. The summed E-state index contributed by atoms with van der Waals surface area (Å²) in [7, 11) is 0. The summed E-state index contributed by atoms with van der Waals surface area (Å²) in [5.74, 6) is 0.669. The SMILES string of the molecule is CC(C)CNCc1ccccc1-n1cc(I)cn1. The summed E-state index contributed by atoms with van der Waals surface area (Å²) in [4.78, 5) is 0. The zero-order valence-electron chi connectivity index (χ0n) is 10.7. The van der Waals surface area contributed by atoms with E-state index in [1.165, 1.54) is 5.56 Å². The maximum Gasteiger partial charge on any atom is 0.0690 e. The number of hydrogen-bond donors (Lipinski definition) is 1. The normalized spacial score (nSPS) is 11.1. The molecule has 0 atom stereocenters. The zero-order valence-corrected chi connectivity index (χ0v) is 12.9. The number of aromatic nitrogens is 2. The van der Waals surface area contributed by atoms with Crippen LogP contribution >= 0.6 is 22.6 Å². The number of para-hydroxylation sites is 1. The third kappa shape index (κ3) is 3.55. The average molecular weight is 355 g/mol. The third-order valence-corrected chi connectivity index (χ3v) is 3.21. The fourth-order valence-corrected chi connectivity index (χ4v) is 2.20. The highest BCUT2D eigenvalue weighted by molar-refractivity contribution is 14.1. The van der Waals surface area contributed by atoms with E-state index in [2.05, 4.69) is 71.1 Å². The lowest BCUT2D eigenvalue weighted by Gasteiger charge is -2.11. The van der Waals surface area contributed by atoms with Crippen LogP contribution in [-0.2, 0) is 6.54 Å². The van der Waals surface area contributed by atoms with Crippen LogP contribution < -0.4 is 5.32 Å². The molecule has 0 saturated carbocycles. The second-order valence-electron chi connectivity index (χ2n) is 4.76. The van der Waals surface area contributed by atoms with Gasteiger partial charge in [-0.15, -0.1) is 0 Å². The van der Waals surface area contributed by atoms with E-state index in [0.717, 1.165) is 22.3 Å². The fourth-order valence-electron chi connectivity index (χ4n) is 1.81. The Labute approximate surface area is 122 Å². The van der Waals surface area contributed by atoms with Crippen molar-refractivity contribution >= 4 is 22.6 Å². The molecular weight excluding hydrogens is 337 g/mol. The molecule has 4 heteroatoms. The van der Waals surface area contributed by atoms with Crippen molar-refractivity contribution in [3.63, 3.8) is 0 Å². The summed E-state index contributed by atoms with van der Waals surface area (Å²) in [5, 5.41) is 7.85. The summed E-state index contributed by atoms with van der Waals surface area (Å²) >= 11 is 2.28. The first-order valence-corrected chi connectivity index (χ1v) is 7.24. The highest BCUT2D eigenvalue weighted by Crippen LogP contribution is 2.15. The molecule has 0 unspecified atom stereocenters. The first-order valence-electron chi connectivity index (χ1n) is 6.16. The van der Waals surface area contributed by atoms with Crippen molar-refractivity contribution in [3.8, 4) is 5.69 Å². The molecule has 2 rings (SSSR count). The maximum atomic E-state index is 4.37. The van der Waals surface area contributed by atoms with E-state index in [-0.39, 0.29) is 0 Å². The van der Waals surface area contributed by atoms with Gasteiger partial charge >= 0.3 is 0 Å². The molecule has 0 aliphatic heterocycles. The summed E-state index contributed by atoms with van der Waals surface area (Å²) in [6.45, 7) is 6.35. The number of nitrogens with zero attached hydrogens (tertiary/aromatic N) is 2. The van der Waals surface area contributed by atoms with Crippen molar-refractivity contribution in [1.82, 2.24) is 15.1 Å². The molecule has 1 heterocycles. The van der Waals surface area contributed by atoms with Gasteiger partial charge in [-0.25, -0.2) is 4.68 Å². The van der Waals surface area contributed by atoms with Gasteiger partial charge < -0.3 is 5.32 Å². The summed E-state index contributed by atoms with van der Waals surface area (Å²) in [6, 6.07) is 8.38. The van der Waals surface area contributed by atoms with Gasteiger partial charge in [0.1, 0.15) is 0 Å². The van der Waals surface area contributed by atoms with E-state index >= 15 is 0 Å². The standard InChI is InChI=1S/C14H18IN3/c1-11(2)7-16-8-12-5-3-4-6-14(12)18-10-13(15)9-17-18/h3-6,9-11,16H,7-8H2,1-2H3. The van der Waals surface area contributed by atoms with Crippen LogP contribution in [0.5, 0.6) is 0 Å². The predicted octanol–water partition coefficient (Wildman–Crippen LogP) is 3.22. The van der Waals surface area contributed by atoms with Gasteiger partial charge in [-0.05, 0) is 46.7 Å². The molecule has 1 aromatic heterocycles. The molecule has 0 amide bonds. The molecule has 0 fully saturated rings. The molecule has 0 bridgehead atoms. The molecule has 1 aromatic carbocycles. The van der Waals surface area contributed by atoms with E-state index in [0.29, 0.717) is 5.92 Å². The molecule has 0 radical (unpaired) electrons. The van der Waals surface area contributed by atoms with Crippen LogP contribution in [0.25, 0.3) is 5.69 Å². The average Bonchev–Trinajstić information content (AvgIpc) is 2.76. The molecular formula is C14H18IN3. The fraction of sp³-hybridized carbons (Fsp3) is 0.357. The van der Waals surface area contributed by atoms with Crippen molar-refractivity contribution in [2.75, 3.05) is 6.54 Å². The highest BCUT2D eigenvalue weighted by Gasteiger charge is 2.05. The van der Waals surface area contributed by atoms with Crippen molar-refractivity contribution < 1.29 is 0 Å². The number of halogens is 1. The van der Waals surface area contributed by atoms with Gasteiger partial charge in [0.25, 0.3) is 0 Å². The van der Waals surface area contributed by atoms with Crippen molar-refractivity contribution in [1.29, 1.82) is 0 Å². The molecule has 3 nitrogen and oxygen atoms in total. The lowest BCUT2D eigenvalue weighted by atomic mass is 10.1. The molecule has 0 spiro atoms. The van der Waals surface area contributed by atoms with Crippen molar-refractivity contribution in [3.05, 3.63) is 45.8 Å². The van der Waals surface area contributed by atoms with Crippen LogP contribution in [0.4, 0.5) is 0 Å². The van der Waals surface area contributed by atoms with E-state index in [4.69, 9.17) is 0 Å². The largest absolute Gasteiger partial charge is 0.312 e.